The molecule has 3 aromatic rings. The van der Waals surface area contributed by atoms with Crippen molar-refractivity contribution in [3.05, 3.63) is 82.0 Å². The third-order valence-corrected chi connectivity index (χ3v) is 4.23. The SMILES string of the molecule is O=C1C(c2ccccc2Cl)=[N+]([O-])c2ccc3ccccc3c21. The van der Waals surface area contributed by atoms with Crippen molar-refractivity contribution in [1.82, 2.24) is 0 Å². The molecule has 0 fully saturated rings. The van der Waals surface area contributed by atoms with E-state index in [0.717, 1.165) is 10.8 Å². The van der Waals surface area contributed by atoms with Gasteiger partial charge in [0.15, 0.2) is 0 Å². The number of hydrogen-bond acceptors (Lipinski definition) is 2. The molecule has 4 rings (SSSR count). The summed E-state index contributed by atoms with van der Waals surface area (Å²) in [6.45, 7) is 0. The van der Waals surface area contributed by atoms with E-state index in [4.69, 9.17) is 11.6 Å². The Labute approximate surface area is 131 Å². The fourth-order valence-electron chi connectivity index (χ4n) is 2.88. The molecular weight excluding hydrogens is 298 g/mol. The Morgan fingerprint density at radius 2 is 1.64 bits per heavy atom. The summed E-state index contributed by atoms with van der Waals surface area (Å²) in [5, 5.41) is 14.7. The first-order chi connectivity index (χ1) is 10.7. The van der Waals surface area contributed by atoms with Crippen LogP contribution >= 0.6 is 11.6 Å². The lowest BCUT2D eigenvalue weighted by Gasteiger charge is -2.03. The highest BCUT2D eigenvalue weighted by Gasteiger charge is 2.38. The Morgan fingerprint density at radius 3 is 2.45 bits per heavy atom. The molecule has 106 valence electrons. The second kappa shape index (κ2) is 4.68. The van der Waals surface area contributed by atoms with E-state index in [0.29, 0.717) is 26.6 Å². The first kappa shape index (κ1) is 13.0. The van der Waals surface area contributed by atoms with Crippen LogP contribution < -0.4 is 0 Å². The van der Waals surface area contributed by atoms with Crippen molar-refractivity contribution in [1.29, 1.82) is 0 Å². The highest BCUT2D eigenvalue weighted by Crippen LogP contribution is 2.35. The van der Waals surface area contributed by atoms with Crippen molar-refractivity contribution in [3.8, 4) is 0 Å². The summed E-state index contributed by atoms with van der Waals surface area (Å²) in [6.07, 6.45) is 0. The molecular formula is C18H10ClNO2. The van der Waals surface area contributed by atoms with Crippen LogP contribution in [-0.2, 0) is 0 Å². The van der Waals surface area contributed by atoms with Crippen LogP contribution in [0.1, 0.15) is 15.9 Å². The van der Waals surface area contributed by atoms with Crippen molar-refractivity contribution in [2.75, 3.05) is 0 Å². The average Bonchev–Trinajstić information content (AvgIpc) is 2.80. The smallest absolute Gasteiger partial charge is 0.274 e. The molecule has 0 bridgehead atoms. The number of halogens is 1. The number of carbonyl (C=O) groups excluding carboxylic acids is 1. The predicted molar refractivity (Wildman–Crippen MR) is 87.1 cm³/mol. The van der Waals surface area contributed by atoms with Crippen LogP contribution in [0.2, 0.25) is 5.02 Å². The van der Waals surface area contributed by atoms with Crippen molar-refractivity contribution in [3.63, 3.8) is 0 Å². The number of Topliss-reactive ketones (excluding diaryl/α,β-unsaturated/α-hetero) is 1. The molecule has 3 aromatic carbocycles. The third kappa shape index (κ3) is 1.69. The minimum atomic E-state index is -0.282. The van der Waals surface area contributed by atoms with E-state index in [1.54, 1.807) is 30.3 Å². The maximum Gasteiger partial charge on any atom is 0.274 e. The van der Waals surface area contributed by atoms with Gasteiger partial charge in [-0.2, -0.15) is 4.74 Å². The maximum atomic E-state index is 12.8. The summed E-state index contributed by atoms with van der Waals surface area (Å²) < 4.78 is 0.686. The quantitative estimate of drug-likeness (QED) is 0.496. The Morgan fingerprint density at radius 1 is 0.909 bits per heavy atom. The summed E-state index contributed by atoms with van der Waals surface area (Å²) in [4.78, 5) is 12.8. The van der Waals surface area contributed by atoms with Gasteiger partial charge in [0.05, 0.1) is 10.6 Å². The van der Waals surface area contributed by atoms with E-state index >= 15 is 0 Å². The molecule has 0 atom stereocenters. The summed E-state index contributed by atoms with van der Waals surface area (Å²) in [5.74, 6) is -0.282. The average molecular weight is 308 g/mol. The normalized spacial score (nSPS) is 13.8. The van der Waals surface area contributed by atoms with Crippen LogP contribution in [0.3, 0.4) is 0 Å². The molecule has 0 aromatic heterocycles. The zero-order valence-corrected chi connectivity index (χ0v) is 12.2. The van der Waals surface area contributed by atoms with Crippen LogP contribution in [-0.4, -0.2) is 16.2 Å². The van der Waals surface area contributed by atoms with Crippen LogP contribution in [0.25, 0.3) is 10.8 Å². The van der Waals surface area contributed by atoms with Crippen LogP contribution in [0.5, 0.6) is 0 Å². The van der Waals surface area contributed by atoms with Crippen LogP contribution in [0, 0.1) is 5.21 Å². The minimum absolute atomic E-state index is 0.0805. The van der Waals surface area contributed by atoms with E-state index < -0.39 is 0 Å². The second-order valence-electron chi connectivity index (χ2n) is 5.13. The molecule has 1 aliphatic rings. The summed E-state index contributed by atoms with van der Waals surface area (Å²) in [6, 6.07) is 18.0. The number of benzene rings is 3. The number of rotatable bonds is 1. The molecule has 0 unspecified atom stereocenters. The molecule has 0 saturated carbocycles. The summed E-state index contributed by atoms with van der Waals surface area (Å²) in [5.41, 5.74) is 1.36. The summed E-state index contributed by atoms with van der Waals surface area (Å²) >= 11 is 6.16. The molecule has 1 heterocycles. The van der Waals surface area contributed by atoms with E-state index in [1.165, 1.54) is 0 Å². The van der Waals surface area contributed by atoms with Crippen LogP contribution in [0.15, 0.2) is 60.7 Å². The highest BCUT2D eigenvalue weighted by molar-refractivity contribution is 6.55. The topological polar surface area (TPSA) is 43.1 Å². The van der Waals surface area contributed by atoms with Gasteiger partial charge in [0, 0.05) is 6.07 Å². The number of hydrogen-bond donors (Lipinski definition) is 0. The largest absolute Gasteiger partial charge is 0.618 e. The van der Waals surface area contributed by atoms with Crippen molar-refractivity contribution in [2.24, 2.45) is 0 Å². The Bertz CT molecular complexity index is 976. The first-order valence-corrected chi connectivity index (χ1v) is 7.22. The molecule has 1 aliphatic heterocycles. The minimum Gasteiger partial charge on any atom is -0.618 e. The fraction of sp³-hybridized carbons (Fsp3) is 0. The van der Waals surface area contributed by atoms with Crippen LogP contribution in [0.4, 0.5) is 5.69 Å². The second-order valence-corrected chi connectivity index (χ2v) is 5.54. The van der Waals surface area contributed by atoms with Crippen molar-refractivity contribution in [2.45, 2.75) is 0 Å². The third-order valence-electron chi connectivity index (χ3n) is 3.90. The monoisotopic (exact) mass is 307 g/mol. The van der Waals surface area contributed by atoms with Crippen molar-refractivity contribution < 1.29 is 9.53 Å². The molecule has 0 radical (unpaired) electrons. The zero-order valence-electron chi connectivity index (χ0n) is 11.4. The van der Waals surface area contributed by atoms with E-state index in [-0.39, 0.29) is 11.5 Å². The highest BCUT2D eigenvalue weighted by atomic mass is 35.5. The molecule has 0 aliphatic carbocycles. The van der Waals surface area contributed by atoms with Gasteiger partial charge in [0.25, 0.3) is 11.5 Å². The van der Waals surface area contributed by atoms with Gasteiger partial charge in [-0.05, 0) is 29.0 Å². The molecule has 4 heteroatoms. The Balaban J connectivity index is 2.02. The number of ketones is 1. The van der Waals surface area contributed by atoms with E-state index in [1.807, 2.05) is 30.3 Å². The lowest BCUT2D eigenvalue weighted by molar-refractivity contribution is -0.355. The standard InChI is InChI=1S/C18H10ClNO2/c19-14-8-4-3-7-13(14)17-18(21)16-12-6-2-1-5-11(12)9-10-15(16)20(17)22/h1-10H. The van der Waals surface area contributed by atoms with Gasteiger partial charge in [-0.1, -0.05) is 48.0 Å². The molecule has 0 saturated heterocycles. The van der Waals surface area contributed by atoms with Gasteiger partial charge in [-0.15, -0.1) is 0 Å². The predicted octanol–water partition coefficient (Wildman–Crippen LogP) is 4.32. The molecule has 3 nitrogen and oxygen atoms in total. The van der Waals surface area contributed by atoms with Gasteiger partial charge in [-0.3, -0.25) is 4.79 Å². The van der Waals surface area contributed by atoms with Crippen molar-refractivity contribution >= 4 is 39.6 Å². The lowest BCUT2D eigenvalue weighted by atomic mass is 9.97. The Kier molecular flexibility index (Phi) is 2.78. The zero-order chi connectivity index (χ0) is 15.3. The summed E-state index contributed by atoms with van der Waals surface area (Å²) in [7, 11) is 0. The molecule has 0 N–H and O–H groups in total. The van der Waals surface area contributed by atoms with Gasteiger partial charge in [0.1, 0.15) is 5.56 Å². The lowest BCUT2D eigenvalue weighted by Crippen LogP contribution is -2.17. The van der Waals surface area contributed by atoms with Gasteiger partial charge < -0.3 is 5.21 Å². The van der Waals surface area contributed by atoms with Gasteiger partial charge in [-0.25, -0.2) is 0 Å². The maximum absolute atomic E-state index is 12.8. The first-order valence-electron chi connectivity index (χ1n) is 6.84. The number of carbonyl (C=O) groups is 1. The molecule has 0 spiro atoms. The Hall–Kier alpha value is -2.65. The van der Waals surface area contributed by atoms with Gasteiger partial charge >= 0.3 is 0 Å². The fourth-order valence-corrected chi connectivity index (χ4v) is 3.11. The molecule has 0 amide bonds. The van der Waals surface area contributed by atoms with E-state index in [2.05, 4.69) is 0 Å². The number of nitrogens with zero attached hydrogens (tertiary/aromatic N) is 1. The van der Waals surface area contributed by atoms with E-state index in [9.17, 15) is 10.0 Å². The molecule has 22 heavy (non-hydrogen) atoms. The number of fused-ring (bicyclic) bond motifs is 3. The van der Waals surface area contributed by atoms with Gasteiger partial charge in [0.2, 0.25) is 5.69 Å².